The fourth-order valence-corrected chi connectivity index (χ4v) is 3.09. The van der Waals surface area contributed by atoms with Crippen molar-refractivity contribution in [2.75, 3.05) is 0 Å². The minimum absolute atomic E-state index is 0.0115. The fraction of sp³-hybridized carbons (Fsp3) is 0.556. The third-order valence-corrected chi connectivity index (χ3v) is 4.46. The highest BCUT2D eigenvalue weighted by atomic mass is 16.4. The van der Waals surface area contributed by atoms with Crippen molar-refractivity contribution in [1.82, 2.24) is 0 Å². The first kappa shape index (κ1) is 15.7. The van der Waals surface area contributed by atoms with Gasteiger partial charge >= 0.3 is 5.97 Å². The van der Waals surface area contributed by atoms with Gasteiger partial charge in [0.15, 0.2) is 5.78 Å². The Morgan fingerprint density at radius 3 is 2.00 bits per heavy atom. The second kappa shape index (κ2) is 6.00. The van der Waals surface area contributed by atoms with E-state index < -0.39 is 11.9 Å². The van der Waals surface area contributed by atoms with Crippen molar-refractivity contribution in [3.63, 3.8) is 0 Å². The van der Waals surface area contributed by atoms with E-state index in [-0.39, 0.29) is 17.1 Å². The summed E-state index contributed by atoms with van der Waals surface area (Å²) in [4.78, 5) is 23.9. The van der Waals surface area contributed by atoms with E-state index in [1.807, 2.05) is 24.3 Å². The molecule has 1 aromatic rings. The SMILES string of the molecule is CC(C)(C)c1ccc(C(=O)C2CCCCC2C(=O)O)cc1. The van der Waals surface area contributed by atoms with E-state index in [4.69, 9.17) is 0 Å². The van der Waals surface area contributed by atoms with Gasteiger partial charge in [0.1, 0.15) is 0 Å². The Labute approximate surface area is 126 Å². The molecule has 0 radical (unpaired) electrons. The number of hydrogen-bond acceptors (Lipinski definition) is 2. The summed E-state index contributed by atoms with van der Waals surface area (Å²) < 4.78 is 0. The van der Waals surface area contributed by atoms with E-state index in [2.05, 4.69) is 20.8 Å². The van der Waals surface area contributed by atoms with Crippen LogP contribution in [-0.4, -0.2) is 16.9 Å². The van der Waals surface area contributed by atoms with Gasteiger partial charge in [-0.1, -0.05) is 57.9 Å². The molecule has 0 bridgehead atoms. The molecule has 0 saturated heterocycles. The molecule has 1 aromatic carbocycles. The number of benzene rings is 1. The Kier molecular flexibility index (Phi) is 4.50. The summed E-state index contributed by atoms with van der Waals surface area (Å²) in [6.45, 7) is 6.39. The zero-order valence-electron chi connectivity index (χ0n) is 13.1. The molecule has 1 aliphatic carbocycles. The number of Topliss-reactive ketones (excluding diaryl/α,β-unsaturated/α-hetero) is 1. The first-order valence-corrected chi connectivity index (χ1v) is 7.68. The normalized spacial score (nSPS) is 22.8. The van der Waals surface area contributed by atoms with Crippen molar-refractivity contribution < 1.29 is 14.7 Å². The van der Waals surface area contributed by atoms with E-state index in [1.165, 1.54) is 5.56 Å². The van der Waals surface area contributed by atoms with E-state index >= 15 is 0 Å². The summed E-state index contributed by atoms with van der Waals surface area (Å²) in [6.07, 6.45) is 3.16. The zero-order valence-corrected chi connectivity index (χ0v) is 13.1. The topological polar surface area (TPSA) is 54.4 Å². The van der Waals surface area contributed by atoms with Gasteiger partial charge in [-0.15, -0.1) is 0 Å². The Morgan fingerprint density at radius 1 is 1.00 bits per heavy atom. The average Bonchev–Trinajstić information content (AvgIpc) is 2.45. The lowest BCUT2D eigenvalue weighted by atomic mass is 9.75. The van der Waals surface area contributed by atoms with Gasteiger partial charge in [-0.05, 0) is 23.8 Å². The summed E-state index contributed by atoms with van der Waals surface area (Å²) in [5, 5.41) is 9.30. The number of hydrogen-bond donors (Lipinski definition) is 1. The molecule has 0 aliphatic heterocycles. The van der Waals surface area contributed by atoms with Crippen LogP contribution in [0.2, 0.25) is 0 Å². The molecule has 0 aromatic heterocycles. The van der Waals surface area contributed by atoms with E-state index in [1.54, 1.807) is 0 Å². The predicted molar refractivity (Wildman–Crippen MR) is 82.6 cm³/mol. The van der Waals surface area contributed by atoms with Gasteiger partial charge in [-0.3, -0.25) is 9.59 Å². The molecule has 2 atom stereocenters. The second-order valence-electron chi connectivity index (χ2n) is 7.03. The lowest BCUT2D eigenvalue weighted by Crippen LogP contribution is -2.32. The van der Waals surface area contributed by atoms with Crippen molar-refractivity contribution in [3.05, 3.63) is 35.4 Å². The van der Waals surface area contributed by atoms with Crippen LogP contribution in [0.4, 0.5) is 0 Å². The van der Waals surface area contributed by atoms with Crippen molar-refractivity contribution >= 4 is 11.8 Å². The van der Waals surface area contributed by atoms with Crippen molar-refractivity contribution in [2.45, 2.75) is 51.9 Å². The van der Waals surface area contributed by atoms with Gasteiger partial charge in [-0.25, -0.2) is 0 Å². The number of carbonyl (C=O) groups is 2. The van der Waals surface area contributed by atoms with Crippen LogP contribution in [0.3, 0.4) is 0 Å². The molecule has 114 valence electrons. The number of carboxylic acids is 1. The van der Waals surface area contributed by atoms with Crippen LogP contribution in [0.15, 0.2) is 24.3 Å². The van der Waals surface area contributed by atoms with Crippen LogP contribution in [0.1, 0.15) is 62.4 Å². The molecule has 1 fully saturated rings. The number of rotatable bonds is 3. The molecule has 21 heavy (non-hydrogen) atoms. The van der Waals surface area contributed by atoms with Crippen molar-refractivity contribution in [3.8, 4) is 0 Å². The fourth-order valence-electron chi connectivity index (χ4n) is 3.09. The number of ketones is 1. The maximum atomic E-state index is 12.6. The first-order valence-electron chi connectivity index (χ1n) is 7.68. The minimum Gasteiger partial charge on any atom is -0.481 e. The number of carbonyl (C=O) groups excluding carboxylic acids is 1. The van der Waals surface area contributed by atoms with Crippen molar-refractivity contribution in [1.29, 1.82) is 0 Å². The summed E-state index contributed by atoms with van der Waals surface area (Å²) >= 11 is 0. The molecule has 1 N–H and O–H groups in total. The van der Waals surface area contributed by atoms with E-state index in [0.717, 1.165) is 12.8 Å². The van der Waals surface area contributed by atoms with Gasteiger partial charge < -0.3 is 5.11 Å². The molecular weight excluding hydrogens is 264 g/mol. The van der Waals surface area contributed by atoms with Crippen molar-refractivity contribution in [2.24, 2.45) is 11.8 Å². The maximum Gasteiger partial charge on any atom is 0.307 e. The molecule has 0 spiro atoms. The van der Waals surface area contributed by atoms with Crippen LogP contribution in [0.5, 0.6) is 0 Å². The van der Waals surface area contributed by atoms with Crippen LogP contribution in [-0.2, 0) is 10.2 Å². The number of carboxylic acid groups (broad SMARTS) is 1. The monoisotopic (exact) mass is 288 g/mol. The summed E-state index contributed by atoms with van der Waals surface area (Å²) in [5.74, 6) is -1.73. The maximum absolute atomic E-state index is 12.6. The highest BCUT2D eigenvalue weighted by Gasteiger charge is 2.36. The molecule has 3 nitrogen and oxygen atoms in total. The largest absolute Gasteiger partial charge is 0.481 e. The first-order chi connectivity index (χ1) is 9.80. The summed E-state index contributed by atoms with van der Waals surface area (Å²) in [6, 6.07) is 7.64. The zero-order chi connectivity index (χ0) is 15.6. The summed E-state index contributed by atoms with van der Waals surface area (Å²) in [7, 11) is 0. The third-order valence-electron chi connectivity index (χ3n) is 4.46. The Bertz CT molecular complexity index is 522. The van der Waals surface area contributed by atoms with Gasteiger partial charge in [0, 0.05) is 11.5 Å². The van der Waals surface area contributed by atoms with Crippen LogP contribution in [0.25, 0.3) is 0 Å². The molecule has 1 aliphatic rings. The van der Waals surface area contributed by atoms with Crippen LogP contribution in [0, 0.1) is 11.8 Å². The number of aliphatic carboxylic acids is 1. The molecule has 1 saturated carbocycles. The predicted octanol–water partition coefficient (Wildman–Crippen LogP) is 4.06. The highest BCUT2D eigenvalue weighted by molar-refractivity contribution is 6.00. The van der Waals surface area contributed by atoms with Gasteiger partial charge in [0.25, 0.3) is 0 Å². The second-order valence-corrected chi connectivity index (χ2v) is 7.03. The third kappa shape index (κ3) is 3.52. The Morgan fingerprint density at radius 2 is 1.52 bits per heavy atom. The summed E-state index contributed by atoms with van der Waals surface area (Å²) in [5.41, 5.74) is 1.87. The van der Waals surface area contributed by atoms with Gasteiger partial charge in [0.05, 0.1) is 5.92 Å². The lowest BCUT2D eigenvalue weighted by Gasteiger charge is -2.27. The molecule has 3 heteroatoms. The smallest absolute Gasteiger partial charge is 0.307 e. The molecule has 0 amide bonds. The minimum atomic E-state index is -0.834. The van der Waals surface area contributed by atoms with Gasteiger partial charge in [-0.2, -0.15) is 0 Å². The molecule has 2 rings (SSSR count). The lowest BCUT2D eigenvalue weighted by molar-refractivity contribution is -0.144. The molecule has 2 unspecified atom stereocenters. The van der Waals surface area contributed by atoms with Crippen LogP contribution < -0.4 is 0 Å². The van der Waals surface area contributed by atoms with E-state index in [9.17, 15) is 14.7 Å². The Balaban J connectivity index is 2.20. The standard InChI is InChI=1S/C18H24O3/c1-18(2,3)13-10-8-12(9-11-13)16(19)14-6-4-5-7-15(14)17(20)21/h8-11,14-15H,4-7H2,1-3H3,(H,20,21). The molecular formula is C18H24O3. The molecule has 0 heterocycles. The highest BCUT2D eigenvalue weighted by Crippen LogP contribution is 2.33. The quantitative estimate of drug-likeness (QED) is 0.853. The van der Waals surface area contributed by atoms with E-state index in [0.29, 0.717) is 18.4 Å². The van der Waals surface area contributed by atoms with Gasteiger partial charge in [0.2, 0.25) is 0 Å². The van der Waals surface area contributed by atoms with Crippen LogP contribution >= 0.6 is 0 Å². The Hall–Kier alpha value is -1.64. The average molecular weight is 288 g/mol.